The average Bonchev–Trinajstić information content (AvgIpc) is 3.08. The molecular formula is C14H9N5OS. The lowest BCUT2D eigenvalue weighted by Gasteiger charge is -1.98. The van der Waals surface area contributed by atoms with Gasteiger partial charge in [-0.05, 0) is 6.07 Å². The van der Waals surface area contributed by atoms with Gasteiger partial charge >= 0.3 is 0 Å². The van der Waals surface area contributed by atoms with E-state index in [1.54, 1.807) is 16.8 Å². The van der Waals surface area contributed by atoms with Gasteiger partial charge in [-0.3, -0.25) is 4.98 Å². The zero-order valence-corrected chi connectivity index (χ0v) is 11.5. The summed E-state index contributed by atoms with van der Waals surface area (Å²) in [5.41, 5.74) is 1.58. The first-order valence-corrected chi connectivity index (χ1v) is 7.05. The number of aromatic nitrogens is 5. The third-order valence-corrected chi connectivity index (χ3v) is 3.99. The van der Waals surface area contributed by atoms with E-state index in [1.165, 1.54) is 17.5 Å². The third kappa shape index (κ3) is 1.95. The number of aromatic hydroxyl groups is 1. The highest BCUT2D eigenvalue weighted by atomic mass is 32.1. The molecule has 1 aromatic carbocycles. The molecule has 0 bridgehead atoms. The van der Waals surface area contributed by atoms with Crippen LogP contribution in [-0.4, -0.2) is 29.9 Å². The standard InChI is InChI=1S/C14H9N5OS/c20-11-8-15-7-6-10(11)13-18-19-12(16-17-14(19)21-13)9-4-2-1-3-5-9/h1-8,20H. The summed E-state index contributed by atoms with van der Waals surface area (Å²) in [6.07, 6.45) is 3.02. The number of hydrogen-bond acceptors (Lipinski definition) is 6. The molecule has 0 aliphatic carbocycles. The molecule has 1 N–H and O–H groups in total. The Labute approximate surface area is 123 Å². The molecule has 6 nitrogen and oxygen atoms in total. The Balaban J connectivity index is 1.89. The largest absolute Gasteiger partial charge is 0.506 e. The lowest BCUT2D eigenvalue weighted by atomic mass is 10.2. The minimum atomic E-state index is 0.101. The van der Waals surface area contributed by atoms with Gasteiger partial charge < -0.3 is 5.11 Å². The maximum Gasteiger partial charge on any atom is 0.235 e. The second-order valence-electron chi connectivity index (χ2n) is 4.38. The molecule has 3 aromatic heterocycles. The van der Waals surface area contributed by atoms with Crippen LogP contribution in [0.1, 0.15) is 0 Å². The Morgan fingerprint density at radius 1 is 1.05 bits per heavy atom. The van der Waals surface area contributed by atoms with Crippen molar-refractivity contribution in [1.29, 1.82) is 0 Å². The van der Waals surface area contributed by atoms with E-state index in [2.05, 4.69) is 20.3 Å². The summed E-state index contributed by atoms with van der Waals surface area (Å²) in [6.45, 7) is 0. The fraction of sp³-hybridized carbons (Fsp3) is 0. The van der Waals surface area contributed by atoms with Crippen LogP contribution in [-0.2, 0) is 0 Å². The molecule has 0 saturated carbocycles. The molecule has 0 unspecified atom stereocenters. The Kier molecular flexibility index (Phi) is 2.65. The van der Waals surface area contributed by atoms with Gasteiger partial charge in [-0.25, -0.2) is 0 Å². The van der Waals surface area contributed by atoms with E-state index in [0.29, 0.717) is 21.4 Å². The summed E-state index contributed by atoms with van der Waals surface area (Å²) in [6, 6.07) is 11.5. The van der Waals surface area contributed by atoms with Crippen LogP contribution in [0.25, 0.3) is 26.9 Å². The number of fused-ring (bicyclic) bond motifs is 1. The SMILES string of the molecule is Oc1cnccc1-c1nn2c(-c3ccccc3)nnc2s1. The van der Waals surface area contributed by atoms with Crippen molar-refractivity contribution >= 4 is 16.3 Å². The van der Waals surface area contributed by atoms with Crippen molar-refractivity contribution in [2.24, 2.45) is 0 Å². The summed E-state index contributed by atoms with van der Waals surface area (Å²) in [5, 5.41) is 23.4. The van der Waals surface area contributed by atoms with Crippen LogP contribution in [0.3, 0.4) is 0 Å². The van der Waals surface area contributed by atoms with Crippen molar-refractivity contribution in [3.05, 3.63) is 48.8 Å². The van der Waals surface area contributed by atoms with Crippen molar-refractivity contribution < 1.29 is 5.11 Å². The van der Waals surface area contributed by atoms with Gasteiger partial charge in [0.15, 0.2) is 10.8 Å². The highest BCUT2D eigenvalue weighted by Crippen LogP contribution is 2.32. The van der Waals surface area contributed by atoms with Gasteiger partial charge in [-0.15, -0.1) is 10.2 Å². The van der Waals surface area contributed by atoms with Gasteiger partial charge in [0.25, 0.3) is 0 Å². The molecule has 4 aromatic rings. The van der Waals surface area contributed by atoms with E-state index in [-0.39, 0.29) is 5.75 Å². The first-order valence-electron chi connectivity index (χ1n) is 6.24. The van der Waals surface area contributed by atoms with Crippen LogP contribution in [0, 0.1) is 0 Å². The molecule has 21 heavy (non-hydrogen) atoms. The molecule has 7 heteroatoms. The monoisotopic (exact) mass is 295 g/mol. The predicted octanol–water partition coefficient (Wildman–Crippen LogP) is 2.62. The summed E-state index contributed by atoms with van der Waals surface area (Å²) in [7, 11) is 0. The van der Waals surface area contributed by atoms with E-state index < -0.39 is 0 Å². The molecule has 3 heterocycles. The summed E-state index contributed by atoms with van der Waals surface area (Å²) < 4.78 is 1.69. The van der Waals surface area contributed by atoms with Crippen LogP contribution < -0.4 is 0 Å². The van der Waals surface area contributed by atoms with Crippen molar-refractivity contribution in [2.75, 3.05) is 0 Å². The topological polar surface area (TPSA) is 76.2 Å². The minimum Gasteiger partial charge on any atom is -0.506 e. The molecule has 4 rings (SSSR count). The van der Waals surface area contributed by atoms with E-state index in [1.807, 2.05) is 30.3 Å². The zero-order valence-electron chi connectivity index (χ0n) is 10.7. The molecule has 0 saturated heterocycles. The number of rotatable bonds is 2. The van der Waals surface area contributed by atoms with Crippen molar-refractivity contribution in [2.45, 2.75) is 0 Å². The first kappa shape index (κ1) is 12.0. The second-order valence-corrected chi connectivity index (χ2v) is 5.34. The Morgan fingerprint density at radius 2 is 1.90 bits per heavy atom. The van der Waals surface area contributed by atoms with Crippen molar-refractivity contribution in [3.8, 4) is 27.7 Å². The van der Waals surface area contributed by atoms with Gasteiger partial charge in [0.2, 0.25) is 4.96 Å². The van der Waals surface area contributed by atoms with E-state index in [0.717, 1.165) is 5.56 Å². The minimum absolute atomic E-state index is 0.101. The van der Waals surface area contributed by atoms with Crippen molar-refractivity contribution in [1.82, 2.24) is 24.8 Å². The van der Waals surface area contributed by atoms with Gasteiger partial charge in [-0.1, -0.05) is 41.7 Å². The van der Waals surface area contributed by atoms with E-state index in [9.17, 15) is 5.11 Å². The highest BCUT2D eigenvalue weighted by molar-refractivity contribution is 7.19. The normalized spacial score (nSPS) is 11.0. The van der Waals surface area contributed by atoms with Gasteiger partial charge in [-0.2, -0.15) is 9.61 Å². The summed E-state index contributed by atoms with van der Waals surface area (Å²) in [5.74, 6) is 0.783. The first-order chi connectivity index (χ1) is 10.3. The number of pyridine rings is 1. The highest BCUT2D eigenvalue weighted by Gasteiger charge is 2.15. The van der Waals surface area contributed by atoms with Crippen LogP contribution in [0.5, 0.6) is 5.75 Å². The predicted molar refractivity (Wildman–Crippen MR) is 79.0 cm³/mol. The molecule has 0 aliphatic rings. The molecule has 0 radical (unpaired) electrons. The fourth-order valence-corrected chi connectivity index (χ4v) is 2.93. The average molecular weight is 295 g/mol. The Hall–Kier alpha value is -2.80. The molecule has 0 atom stereocenters. The van der Waals surface area contributed by atoms with Gasteiger partial charge in [0, 0.05) is 11.8 Å². The zero-order chi connectivity index (χ0) is 14.2. The van der Waals surface area contributed by atoms with Crippen molar-refractivity contribution in [3.63, 3.8) is 0 Å². The number of hydrogen-bond donors (Lipinski definition) is 1. The fourth-order valence-electron chi connectivity index (χ4n) is 2.06. The van der Waals surface area contributed by atoms with Crippen LogP contribution in [0.15, 0.2) is 48.8 Å². The van der Waals surface area contributed by atoms with Gasteiger partial charge in [0.1, 0.15) is 5.75 Å². The molecule has 0 spiro atoms. The molecule has 0 fully saturated rings. The van der Waals surface area contributed by atoms with Gasteiger partial charge in [0.05, 0.1) is 11.8 Å². The molecule has 102 valence electrons. The van der Waals surface area contributed by atoms with Crippen LogP contribution >= 0.6 is 11.3 Å². The van der Waals surface area contributed by atoms with Crippen LogP contribution in [0.4, 0.5) is 0 Å². The quantitative estimate of drug-likeness (QED) is 0.615. The number of nitrogens with zero attached hydrogens (tertiary/aromatic N) is 5. The molecular weight excluding hydrogens is 286 g/mol. The smallest absolute Gasteiger partial charge is 0.235 e. The van der Waals surface area contributed by atoms with E-state index >= 15 is 0 Å². The Bertz CT molecular complexity index is 915. The van der Waals surface area contributed by atoms with Crippen LogP contribution in [0.2, 0.25) is 0 Å². The molecule has 0 aliphatic heterocycles. The van der Waals surface area contributed by atoms with E-state index in [4.69, 9.17) is 0 Å². The maximum absolute atomic E-state index is 9.87. The summed E-state index contributed by atoms with van der Waals surface area (Å²) >= 11 is 1.37. The lowest BCUT2D eigenvalue weighted by molar-refractivity contribution is 0.474. The lowest BCUT2D eigenvalue weighted by Crippen LogP contribution is -1.90. The Morgan fingerprint density at radius 3 is 2.71 bits per heavy atom. The second kappa shape index (κ2) is 4.64. The molecule has 0 amide bonds. The number of benzene rings is 1. The third-order valence-electron chi connectivity index (χ3n) is 3.05. The maximum atomic E-state index is 9.87. The summed E-state index contributed by atoms with van der Waals surface area (Å²) in [4.78, 5) is 4.55.